The Balaban J connectivity index is 1.75. The highest BCUT2D eigenvalue weighted by Crippen LogP contribution is 2.19. The van der Waals surface area contributed by atoms with Gasteiger partial charge < -0.3 is 9.47 Å². The lowest BCUT2D eigenvalue weighted by Crippen LogP contribution is -2.08. The van der Waals surface area contributed by atoms with E-state index in [1.165, 1.54) is 50.5 Å². The van der Waals surface area contributed by atoms with E-state index in [1.807, 2.05) is 36.4 Å². The molecule has 0 bridgehead atoms. The molecule has 0 aromatic heterocycles. The standard InChI is InChI=1S/C25H34O3/c1-3-5-7-8-10-20-27-23-16-18-24(19-17-23)28-25(26)22-14-12-21(13-15-22)11-9-6-4-2/h12-19H,3-11,20H2,1-2H3. The summed E-state index contributed by atoms with van der Waals surface area (Å²) < 4.78 is 11.2. The molecule has 0 saturated carbocycles. The summed E-state index contributed by atoms with van der Waals surface area (Å²) in [6.45, 7) is 5.15. The minimum Gasteiger partial charge on any atom is -0.494 e. The van der Waals surface area contributed by atoms with Crippen LogP contribution in [0.5, 0.6) is 11.5 Å². The van der Waals surface area contributed by atoms with Crippen LogP contribution in [0.3, 0.4) is 0 Å². The molecule has 0 amide bonds. The van der Waals surface area contributed by atoms with E-state index in [2.05, 4.69) is 13.8 Å². The van der Waals surface area contributed by atoms with E-state index in [-0.39, 0.29) is 5.97 Å². The van der Waals surface area contributed by atoms with Crippen LogP contribution in [0.4, 0.5) is 0 Å². The average Bonchev–Trinajstić information content (AvgIpc) is 2.72. The van der Waals surface area contributed by atoms with Crippen molar-refractivity contribution in [2.75, 3.05) is 6.61 Å². The van der Waals surface area contributed by atoms with E-state index in [0.29, 0.717) is 11.3 Å². The van der Waals surface area contributed by atoms with E-state index in [9.17, 15) is 4.79 Å². The molecule has 0 fully saturated rings. The number of aryl methyl sites for hydroxylation is 1. The number of carbonyl (C=O) groups excluding carboxylic acids is 1. The summed E-state index contributed by atoms with van der Waals surface area (Å²) >= 11 is 0. The molecule has 0 unspecified atom stereocenters. The SMILES string of the molecule is CCCCCCCOc1ccc(OC(=O)c2ccc(CCCCC)cc2)cc1. The van der Waals surface area contributed by atoms with E-state index < -0.39 is 0 Å². The van der Waals surface area contributed by atoms with Gasteiger partial charge in [-0.2, -0.15) is 0 Å². The highest BCUT2D eigenvalue weighted by atomic mass is 16.5. The lowest BCUT2D eigenvalue weighted by Gasteiger charge is -2.08. The smallest absolute Gasteiger partial charge is 0.343 e. The number of benzene rings is 2. The predicted octanol–water partition coefficient (Wildman–Crippen LogP) is 6.99. The zero-order chi connectivity index (χ0) is 20.0. The molecule has 0 saturated heterocycles. The van der Waals surface area contributed by atoms with Crippen LogP contribution >= 0.6 is 0 Å². The molecule has 0 heterocycles. The molecule has 0 radical (unpaired) electrons. The Morgan fingerprint density at radius 3 is 2.00 bits per heavy atom. The number of carbonyl (C=O) groups is 1. The first-order chi connectivity index (χ1) is 13.7. The first-order valence-corrected chi connectivity index (χ1v) is 10.8. The topological polar surface area (TPSA) is 35.5 Å². The molecule has 0 aliphatic rings. The van der Waals surface area contributed by atoms with Gasteiger partial charge in [-0.15, -0.1) is 0 Å². The number of ether oxygens (including phenoxy) is 2. The van der Waals surface area contributed by atoms with Gasteiger partial charge in [0.1, 0.15) is 11.5 Å². The molecule has 2 aromatic carbocycles. The fourth-order valence-electron chi connectivity index (χ4n) is 3.05. The van der Waals surface area contributed by atoms with Gasteiger partial charge in [-0.05, 0) is 61.2 Å². The molecule has 152 valence electrons. The lowest BCUT2D eigenvalue weighted by molar-refractivity contribution is 0.0734. The number of rotatable bonds is 13. The number of hydrogen-bond acceptors (Lipinski definition) is 3. The summed E-state index contributed by atoms with van der Waals surface area (Å²) in [7, 11) is 0. The zero-order valence-corrected chi connectivity index (χ0v) is 17.4. The van der Waals surface area contributed by atoms with Crippen LogP contribution in [0.2, 0.25) is 0 Å². The van der Waals surface area contributed by atoms with Gasteiger partial charge in [0.2, 0.25) is 0 Å². The molecule has 0 aliphatic heterocycles. The monoisotopic (exact) mass is 382 g/mol. The summed E-state index contributed by atoms with van der Waals surface area (Å²) in [6, 6.07) is 15.0. The molecule has 2 aromatic rings. The third-order valence-corrected chi connectivity index (χ3v) is 4.81. The van der Waals surface area contributed by atoms with Gasteiger partial charge >= 0.3 is 5.97 Å². The maximum Gasteiger partial charge on any atom is 0.343 e. The van der Waals surface area contributed by atoms with E-state index in [0.717, 1.165) is 25.2 Å². The molecule has 0 atom stereocenters. The molecule has 2 rings (SSSR count). The van der Waals surface area contributed by atoms with Crippen molar-refractivity contribution in [3.8, 4) is 11.5 Å². The Labute approximate surface area is 170 Å². The molecule has 0 N–H and O–H groups in total. The maximum atomic E-state index is 12.3. The molecule has 3 heteroatoms. The van der Waals surface area contributed by atoms with Crippen molar-refractivity contribution in [3.05, 3.63) is 59.7 Å². The van der Waals surface area contributed by atoms with Crippen molar-refractivity contribution in [2.24, 2.45) is 0 Å². The molecular formula is C25H34O3. The molecule has 0 spiro atoms. The second-order valence-electron chi connectivity index (χ2n) is 7.28. The van der Waals surface area contributed by atoms with Crippen LogP contribution in [-0.4, -0.2) is 12.6 Å². The van der Waals surface area contributed by atoms with Crippen molar-refractivity contribution in [1.29, 1.82) is 0 Å². The number of hydrogen-bond donors (Lipinski definition) is 0. The van der Waals surface area contributed by atoms with Crippen LogP contribution in [0, 0.1) is 0 Å². The van der Waals surface area contributed by atoms with Crippen LogP contribution in [0.15, 0.2) is 48.5 Å². The van der Waals surface area contributed by atoms with E-state index >= 15 is 0 Å². The lowest BCUT2D eigenvalue weighted by atomic mass is 10.1. The number of unbranched alkanes of at least 4 members (excludes halogenated alkanes) is 6. The van der Waals surface area contributed by atoms with Crippen LogP contribution in [0.1, 0.15) is 81.1 Å². The van der Waals surface area contributed by atoms with Crippen molar-refractivity contribution >= 4 is 5.97 Å². The minimum absolute atomic E-state index is 0.329. The Bertz CT molecular complexity index is 674. The van der Waals surface area contributed by atoms with Gasteiger partial charge in [-0.25, -0.2) is 4.79 Å². The highest BCUT2D eigenvalue weighted by Gasteiger charge is 2.09. The molecule has 28 heavy (non-hydrogen) atoms. The van der Waals surface area contributed by atoms with Crippen molar-refractivity contribution in [2.45, 2.75) is 71.6 Å². The minimum atomic E-state index is -0.329. The maximum absolute atomic E-state index is 12.3. The second-order valence-corrected chi connectivity index (χ2v) is 7.28. The summed E-state index contributed by atoms with van der Waals surface area (Å²) in [6.07, 6.45) is 10.8. The molecule has 3 nitrogen and oxygen atoms in total. The predicted molar refractivity (Wildman–Crippen MR) is 115 cm³/mol. The first kappa shape index (κ1) is 22.0. The highest BCUT2D eigenvalue weighted by molar-refractivity contribution is 5.91. The van der Waals surface area contributed by atoms with Crippen molar-refractivity contribution < 1.29 is 14.3 Å². The Hall–Kier alpha value is -2.29. The van der Waals surface area contributed by atoms with Gasteiger partial charge in [0.05, 0.1) is 12.2 Å². The summed E-state index contributed by atoms with van der Waals surface area (Å²) in [5.74, 6) is 1.02. The normalized spacial score (nSPS) is 10.6. The summed E-state index contributed by atoms with van der Waals surface area (Å²) in [4.78, 5) is 12.3. The van der Waals surface area contributed by atoms with Gasteiger partial charge in [0.25, 0.3) is 0 Å². The quantitative estimate of drug-likeness (QED) is 0.213. The van der Waals surface area contributed by atoms with Gasteiger partial charge in [-0.3, -0.25) is 0 Å². The fourth-order valence-corrected chi connectivity index (χ4v) is 3.05. The van der Waals surface area contributed by atoms with Crippen molar-refractivity contribution in [3.63, 3.8) is 0 Å². The zero-order valence-electron chi connectivity index (χ0n) is 17.4. The van der Waals surface area contributed by atoms with Crippen molar-refractivity contribution in [1.82, 2.24) is 0 Å². The molecular weight excluding hydrogens is 348 g/mol. The van der Waals surface area contributed by atoms with Crippen LogP contribution < -0.4 is 9.47 Å². The molecule has 0 aliphatic carbocycles. The van der Waals surface area contributed by atoms with E-state index in [1.54, 1.807) is 12.1 Å². The third kappa shape index (κ3) is 8.16. The Morgan fingerprint density at radius 2 is 1.32 bits per heavy atom. The van der Waals surface area contributed by atoms with Crippen LogP contribution in [-0.2, 0) is 6.42 Å². The van der Waals surface area contributed by atoms with Crippen LogP contribution in [0.25, 0.3) is 0 Å². The van der Waals surface area contributed by atoms with Gasteiger partial charge in [0, 0.05) is 0 Å². The Morgan fingerprint density at radius 1 is 0.714 bits per heavy atom. The third-order valence-electron chi connectivity index (χ3n) is 4.81. The largest absolute Gasteiger partial charge is 0.494 e. The average molecular weight is 383 g/mol. The number of esters is 1. The Kier molecular flexibility index (Phi) is 10.2. The first-order valence-electron chi connectivity index (χ1n) is 10.8. The second kappa shape index (κ2) is 13.0. The fraction of sp³-hybridized carbons (Fsp3) is 0.480. The summed E-state index contributed by atoms with van der Waals surface area (Å²) in [5, 5.41) is 0. The van der Waals surface area contributed by atoms with Gasteiger partial charge in [-0.1, -0.05) is 64.5 Å². The summed E-state index contributed by atoms with van der Waals surface area (Å²) in [5.41, 5.74) is 1.84. The van der Waals surface area contributed by atoms with E-state index in [4.69, 9.17) is 9.47 Å². The van der Waals surface area contributed by atoms with Gasteiger partial charge in [0.15, 0.2) is 0 Å².